The number of urea groups is 1. The molecule has 0 aliphatic rings. The Labute approximate surface area is 136 Å². The second-order valence-corrected chi connectivity index (χ2v) is 5.92. The van der Waals surface area contributed by atoms with E-state index >= 15 is 0 Å². The molecule has 1 heterocycles. The molecule has 2 rings (SSSR count). The third-order valence-corrected chi connectivity index (χ3v) is 3.37. The summed E-state index contributed by atoms with van der Waals surface area (Å²) in [7, 11) is 0. The summed E-state index contributed by atoms with van der Waals surface area (Å²) in [6.07, 6.45) is 3.90. The predicted molar refractivity (Wildman–Crippen MR) is 90.1 cm³/mol. The molecule has 0 spiro atoms. The largest absolute Gasteiger partial charge is 0.396 e. The highest BCUT2D eigenvalue weighted by atomic mass is 16.3. The van der Waals surface area contributed by atoms with E-state index in [9.17, 15) is 9.90 Å². The fourth-order valence-electron chi connectivity index (χ4n) is 2.36. The SMILES string of the molecule is CC(C)Cn1cc(NC(=O)N[C@H](CCO)c2ccccc2)cn1. The average molecular weight is 316 g/mol. The van der Waals surface area contributed by atoms with Gasteiger partial charge in [0.25, 0.3) is 0 Å². The molecule has 1 aromatic carbocycles. The Hall–Kier alpha value is -2.34. The predicted octanol–water partition coefficient (Wildman–Crippen LogP) is 2.78. The van der Waals surface area contributed by atoms with Gasteiger partial charge < -0.3 is 15.7 Å². The topological polar surface area (TPSA) is 79.2 Å². The quantitative estimate of drug-likeness (QED) is 0.735. The average Bonchev–Trinajstić information content (AvgIpc) is 2.93. The molecule has 0 radical (unpaired) electrons. The van der Waals surface area contributed by atoms with Crippen LogP contribution in [0.25, 0.3) is 0 Å². The van der Waals surface area contributed by atoms with Crippen molar-refractivity contribution in [2.24, 2.45) is 5.92 Å². The van der Waals surface area contributed by atoms with E-state index in [1.54, 1.807) is 6.20 Å². The number of aliphatic hydroxyl groups is 1. The zero-order chi connectivity index (χ0) is 16.7. The third-order valence-electron chi connectivity index (χ3n) is 3.37. The first-order valence-corrected chi connectivity index (χ1v) is 7.84. The number of benzene rings is 1. The highest BCUT2D eigenvalue weighted by Crippen LogP contribution is 2.16. The first-order valence-electron chi connectivity index (χ1n) is 7.84. The van der Waals surface area contributed by atoms with E-state index in [1.807, 2.05) is 41.2 Å². The molecular formula is C17H24N4O2. The van der Waals surface area contributed by atoms with Gasteiger partial charge in [-0.25, -0.2) is 4.79 Å². The molecule has 1 atom stereocenters. The third kappa shape index (κ3) is 5.41. The van der Waals surface area contributed by atoms with Crippen LogP contribution < -0.4 is 10.6 Å². The summed E-state index contributed by atoms with van der Waals surface area (Å²) in [5.41, 5.74) is 1.62. The summed E-state index contributed by atoms with van der Waals surface area (Å²) >= 11 is 0. The van der Waals surface area contributed by atoms with Crippen LogP contribution in [0.3, 0.4) is 0 Å². The van der Waals surface area contributed by atoms with Gasteiger partial charge in [-0.15, -0.1) is 0 Å². The van der Waals surface area contributed by atoms with Crippen LogP contribution in [0.4, 0.5) is 10.5 Å². The van der Waals surface area contributed by atoms with Crippen LogP contribution in [0.1, 0.15) is 31.9 Å². The van der Waals surface area contributed by atoms with Crippen molar-refractivity contribution >= 4 is 11.7 Å². The maximum Gasteiger partial charge on any atom is 0.319 e. The fraction of sp³-hybridized carbons (Fsp3) is 0.412. The number of hydrogen-bond donors (Lipinski definition) is 3. The molecule has 6 heteroatoms. The smallest absolute Gasteiger partial charge is 0.319 e. The molecule has 0 aliphatic carbocycles. The van der Waals surface area contributed by atoms with Crippen LogP contribution in [-0.2, 0) is 6.54 Å². The standard InChI is InChI=1S/C17H24N4O2/c1-13(2)11-21-12-15(10-18-21)19-17(23)20-16(8-9-22)14-6-4-3-5-7-14/h3-7,10,12-13,16,22H,8-9,11H2,1-2H3,(H2,19,20,23)/t16-/m1/s1. The van der Waals surface area contributed by atoms with Gasteiger partial charge >= 0.3 is 6.03 Å². The van der Waals surface area contributed by atoms with E-state index in [1.165, 1.54) is 0 Å². The summed E-state index contributed by atoms with van der Waals surface area (Å²) in [5, 5.41) is 19.1. The van der Waals surface area contributed by atoms with Gasteiger partial charge in [0, 0.05) is 19.3 Å². The van der Waals surface area contributed by atoms with Gasteiger partial charge in [-0.3, -0.25) is 4.68 Å². The number of nitrogens with zero attached hydrogens (tertiary/aromatic N) is 2. The van der Waals surface area contributed by atoms with Gasteiger partial charge in [0.1, 0.15) is 0 Å². The van der Waals surface area contributed by atoms with Crippen molar-refractivity contribution in [1.82, 2.24) is 15.1 Å². The molecule has 2 aromatic rings. The fourth-order valence-corrected chi connectivity index (χ4v) is 2.36. The van der Waals surface area contributed by atoms with E-state index in [0.717, 1.165) is 12.1 Å². The molecular weight excluding hydrogens is 292 g/mol. The summed E-state index contributed by atoms with van der Waals surface area (Å²) < 4.78 is 1.81. The zero-order valence-electron chi connectivity index (χ0n) is 13.6. The Morgan fingerprint density at radius 3 is 2.70 bits per heavy atom. The van der Waals surface area contributed by atoms with Crippen molar-refractivity contribution in [2.75, 3.05) is 11.9 Å². The van der Waals surface area contributed by atoms with E-state index in [2.05, 4.69) is 29.6 Å². The van der Waals surface area contributed by atoms with Crippen LogP contribution in [0.15, 0.2) is 42.7 Å². The second kappa shape index (κ2) is 8.33. The van der Waals surface area contributed by atoms with Crippen molar-refractivity contribution in [3.63, 3.8) is 0 Å². The lowest BCUT2D eigenvalue weighted by molar-refractivity contribution is 0.239. The van der Waals surface area contributed by atoms with Crippen LogP contribution in [0.5, 0.6) is 0 Å². The van der Waals surface area contributed by atoms with Crippen LogP contribution in [0.2, 0.25) is 0 Å². The van der Waals surface area contributed by atoms with E-state index < -0.39 is 0 Å². The number of hydrogen-bond acceptors (Lipinski definition) is 3. The number of amides is 2. The Kier molecular flexibility index (Phi) is 6.17. The Bertz CT molecular complexity index is 610. The number of aromatic nitrogens is 2. The molecule has 0 saturated heterocycles. The van der Waals surface area contributed by atoms with Gasteiger partial charge in [0.15, 0.2) is 0 Å². The molecule has 0 unspecified atom stereocenters. The van der Waals surface area contributed by atoms with Gasteiger partial charge in [0.2, 0.25) is 0 Å². The van der Waals surface area contributed by atoms with Gasteiger partial charge in [-0.2, -0.15) is 5.10 Å². The number of carbonyl (C=O) groups is 1. The number of anilines is 1. The normalized spacial score (nSPS) is 12.2. The van der Waals surface area contributed by atoms with Gasteiger partial charge in [-0.05, 0) is 17.9 Å². The highest BCUT2D eigenvalue weighted by molar-refractivity contribution is 5.89. The highest BCUT2D eigenvalue weighted by Gasteiger charge is 2.14. The zero-order valence-corrected chi connectivity index (χ0v) is 13.6. The molecule has 0 aliphatic heterocycles. The van der Waals surface area contributed by atoms with Gasteiger partial charge in [-0.1, -0.05) is 44.2 Å². The van der Waals surface area contributed by atoms with Gasteiger partial charge in [0.05, 0.1) is 17.9 Å². The van der Waals surface area contributed by atoms with Crippen LogP contribution in [0, 0.1) is 5.92 Å². The lowest BCUT2D eigenvalue weighted by Gasteiger charge is -2.18. The molecule has 0 bridgehead atoms. The van der Waals surface area contributed by atoms with Crippen LogP contribution >= 0.6 is 0 Å². The molecule has 1 aromatic heterocycles. The Morgan fingerprint density at radius 1 is 1.30 bits per heavy atom. The molecule has 0 fully saturated rings. The minimum Gasteiger partial charge on any atom is -0.396 e. The van der Waals surface area contributed by atoms with E-state index in [4.69, 9.17) is 0 Å². The number of aliphatic hydroxyl groups excluding tert-OH is 1. The molecule has 124 valence electrons. The number of nitrogens with one attached hydrogen (secondary N) is 2. The van der Waals surface area contributed by atoms with E-state index in [0.29, 0.717) is 18.0 Å². The second-order valence-electron chi connectivity index (χ2n) is 5.92. The van der Waals surface area contributed by atoms with Crippen molar-refractivity contribution in [3.05, 3.63) is 48.3 Å². The Morgan fingerprint density at radius 2 is 2.04 bits per heavy atom. The summed E-state index contributed by atoms with van der Waals surface area (Å²) in [4.78, 5) is 12.2. The van der Waals surface area contributed by atoms with Crippen LogP contribution in [-0.4, -0.2) is 27.5 Å². The summed E-state index contributed by atoms with van der Waals surface area (Å²) in [5.74, 6) is 0.489. The summed E-state index contributed by atoms with van der Waals surface area (Å²) in [6.45, 7) is 5.04. The van der Waals surface area contributed by atoms with Crippen molar-refractivity contribution in [3.8, 4) is 0 Å². The molecule has 23 heavy (non-hydrogen) atoms. The lowest BCUT2D eigenvalue weighted by atomic mass is 10.0. The molecule has 3 N–H and O–H groups in total. The molecule has 6 nitrogen and oxygen atoms in total. The van der Waals surface area contributed by atoms with Crippen molar-refractivity contribution < 1.29 is 9.90 Å². The Balaban J connectivity index is 1.95. The minimum absolute atomic E-state index is 0.00611. The number of carbonyl (C=O) groups excluding carboxylic acids is 1. The summed E-state index contributed by atoms with van der Waals surface area (Å²) in [6, 6.07) is 9.07. The first kappa shape index (κ1) is 17.0. The monoisotopic (exact) mass is 316 g/mol. The minimum atomic E-state index is -0.309. The molecule has 2 amide bonds. The molecule has 0 saturated carbocycles. The maximum absolute atomic E-state index is 12.2. The van der Waals surface area contributed by atoms with Crippen molar-refractivity contribution in [1.29, 1.82) is 0 Å². The lowest BCUT2D eigenvalue weighted by Crippen LogP contribution is -2.33. The first-order chi connectivity index (χ1) is 11.1. The van der Waals surface area contributed by atoms with Crippen molar-refractivity contribution in [2.45, 2.75) is 32.9 Å². The maximum atomic E-state index is 12.2. The van der Waals surface area contributed by atoms with E-state index in [-0.39, 0.29) is 18.7 Å². The number of rotatable bonds is 7.